The van der Waals surface area contributed by atoms with Gasteiger partial charge in [-0.25, -0.2) is 13.1 Å². The normalized spacial score (nSPS) is 18.1. The minimum absolute atomic E-state index is 0.133. The Kier molecular flexibility index (Phi) is 4.91. The highest BCUT2D eigenvalue weighted by molar-refractivity contribution is 7.89. The van der Waals surface area contributed by atoms with E-state index in [1.807, 2.05) is 13.0 Å². The number of pyridine rings is 1. The van der Waals surface area contributed by atoms with Crippen LogP contribution in [0.3, 0.4) is 0 Å². The van der Waals surface area contributed by atoms with Gasteiger partial charge in [-0.05, 0) is 30.5 Å². The molecule has 1 aromatic heterocycles. The van der Waals surface area contributed by atoms with Gasteiger partial charge in [0.1, 0.15) is 0 Å². The van der Waals surface area contributed by atoms with Gasteiger partial charge in [-0.1, -0.05) is 6.07 Å². The van der Waals surface area contributed by atoms with Gasteiger partial charge in [0.05, 0.1) is 4.90 Å². The smallest absolute Gasteiger partial charge is 0.240 e. The molecular weight excluding hydrogens is 312 g/mol. The molecule has 0 saturated carbocycles. The van der Waals surface area contributed by atoms with Gasteiger partial charge in [0.25, 0.3) is 0 Å². The minimum Gasteiger partial charge on any atom is -0.314 e. The lowest BCUT2D eigenvalue weighted by Crippen LogP contribution is -2.49. The molecule has 1 atom stereocenters. The molecule has 0 spiro atoms. The molecule has 1 aliphatic rings. The highest BCUT2D eigenvalue weighted by Crippen LogP contribution is 2.18. The molecule has 124 valence electrons. The molecule has 2 N–H and O–H groups in total. The van der Waals surface area contributed by atoms with Crippen LogP contribution in [-0.2, 0) is 10.0 Å². The van der Waals surface area contributed by atoms with Crippen LogP contribution in [0.2, 0.25) is 0 Å². The molecule has 6 nitrogen and oxygen atoms in total. The summed E-state index contributed by atoms with van der Waals surface area (Å²) >= 11 is 0. The van der Waals surface area contributed by atoms with Crippen molar-refractivity contribution < 1.29 is 8.42 Å². The SMILES string of the molecule is C[C@H](CN1CCNCC1)NS(=O)(=O)c1ccc2cnccc2c1. The highest BCUT2D eigenvalue weighted by Gasteiger charge is 2.20. The molecular formula is C16H22N4O2S. The molecule has 7 heteroatoms. The van der Waals surface area contributed by atoms with Crippen molar-refractivity contribution in [3.63, 3.8) is 0 Å². The number of hydrogen-bond acceptors (Lipinski definition) is 5. The molecule has 1 aliphatic heterocycles. The number of hydrogen-bond donors (Lipinski definition) is 2. The summed E-state index contributed by atoms with van der Waals surface area (Å²) in [4.78, 5) is 6.61. The third-order valence-electron chi connectivity index (χ3n) is 4.02. The third kappa shape index (κ3) is 4.06. The van der Waals surface area contributed by atoms with E-state index in [9.17, 15) is 8.42 Å². The molecule has 23 heavy (non-hydrogen) atoms. The van der Waals surface area contributed by atoms with E-state index in [1.54, 1.807) is 30.6 Å². The van der Waals surface area contributed by atoms with Crippen molar-refractivity contribution in [3.05, 3.63) is 36.7 Å². The summed E-state index contributed by atoms with van der Waals surface area (Å²) in [6.45, 7) is 6.45. The molecule has 0 aliphatic carbocycles. The van der Waals surface area contributed by atoms with Crippen LogP contribution < -0.4 is 10.0 Å². The Balaban J connectivity index is 1.71. The van der Waals surface area contributed by atoms with E-state index >= 15 is 0 Å². The first-order valence-corrected chi connectivity index (χ1v) is 9.32. The van der Waals surface area contributed by atoms with E-state index in [0.717, 1.165) is 43.5 Å². The maximum absolute atomic E-state index is 12.6. The summed E-state index contributed by atoms with van der Waals surface area (Å²) < 4.78 is 27.9. The van der Waals surface area contributed by atoms with Crippen LogP contribution in [-0.4, -0.2) is 57.1 Å². The van der Waals surface area contributed by atoms with E-state index in [-0.39, 0.29) is 6.04 Å². The van der Waals surface area contributed by atoms with Crippen molar-refractivity contribution in [3.8, 4) is 0 Å². The van der Waals surface area contributed by atoms with Crippen LogP contribution in [0.4, 0.5) is 0 Å². The van der Waals surface area contributed by atoms with Crippen LogP contribution in [0, 0.1) is 0 Å². The van der Waals surface area contributed by atoms with Crippen LogP contribution in [0.1, 0.15) is 6.92 Å². The van der Waals surface area contributed by atoms with Crippen molar-refractivity contribution in [1.29, 1.82) is 0 Å². The first kappa shape index (κ1) is 16.3. The molecule has 1 saturated heterocycles. The first-order chi connectivity index (χ1) is 11.0. The number of rotatable bonds is 5. The molecule has 0 unspecified atom stereocenters. The lowest BCUT2D eigenvalue weighted by atomic mass is 10.2. The summed E-state index contributed by atoms with van der Waals surface area (Å²) in [6, 6.07) is 6.79. The zero-order valence-corrected chi connectivity index (χ0v) is 14.0. The van der Waals surface area contributed by atoms with Gasteiger partial charge < -0.3 is 5.32 Å². The summed E-state index contributed by atoms with van der Waals surface area (Å²) in [7, 11) is -3.51. The van der Waals surface area contributed by atoms with Gasteiger partial charge >= 0.3 is 0 Å². The van der Waals surface area contributed by atoms with Crippen molar-refractivity contribution >= 4 is 20.8 Å². The van der Waals surface area contributed by atoms with Crippen molar-refractivity contribution in [1.82, 2.24) is 19.9 Å². The largest absolute Gasteiger partial charge is 0.314 e. The Morgan fingerprint density at radius 3 is 2.83 bits per heavy atom. The monoisotopic (exact) mass is 334 g/mol. The molecule has 1 aromatic carbocycles. The molecule has 3 rings (SSSR count). The molecule has 0 amide bonds. The van der Waals surface area contributed by atoms with Gasteiger partial charge in [-0.3, -0.25) is 9.88 Å². The molecule has 1 fully saturated rings. The lowest BCUT2D eigenvalue weighted by Gasteiger charge is -2.29. The fourth-order valence-corrected chi connectivity index (χ4v) is 4.15. The van der Waals surface area contributed by atoms with E-state index in [1.165, 1.54) is 0 Å². The number of fused-ring (bicyclic) bond motifs is 1. The molecule has 2 aromatic rings. The van der Waals surface area contributed by atoms with Crippen LogP contribution >= 0.6 is 0 Å². The Morgan fingerprint density at radius 2 is 2.04 bits per heavy atom. The maximum atomic E-state index is 12.6. The van der Waals surface area contributed by atoms with Gasteiger partial charge in [0.2, 0.25) is 10.0 Å². The van der Waals surface area contributed by atoms with Crippen molar-refractivity contribution in [2.45, 2.75) is 17.9 Å². The second-order valence-corrected chi connectivity index (χ2v) is 7.67. The average molecular weight is 334 g/mol. The highest BCUT2D eigenvalue weighted by atomic mass is 32.2. The second-order valence-electron chi connectivity index (χ2n) is 5.96. The van der Waals surface area contributed by atoms with Crippen molar-refractivity contribution in [2.75, 3.05) is 32.7 Å². The minimum atomic E-state index is -3.51. The zero-order chi connectivity index (χ0) is 16.3. The average Bonchev–Trinajstić information content (AvgIpc) is 2.54. The second kappa shape index (κ2) is 6.92. The quantitative estimate of drug-likeness (QED) is 0.846. The first-order valence-electron chi connectivity index (χ1n) is 7.84. The lowest BCUT2D eigenvalue weighted by molar-refractivity contribution is 0.227. The number of piperazine rings is 1. The Morgan fingerprint density at radius 1 is 1.26 bits per heavy atom. The molecule has 0 radical (unpaired) electrons. The van der Waals surface area contributed by atoms with Crippen LogP contribution in [0.25, 0.3) is 10.8 Å². The van der Waals surface area contributed by atoms with Crippen LogP contribution in [0.5, 0.6) is 0 Å². The van der Waals surface area contributed by atoms with Gasteiger partial charge in [0, 0.05) is 56.5 Å². The molecule has 2 heterocycles. The fraction of sp³-hybridized carbons (Fsp3) is 0.438. The number of sulfonamides is 1. The van der Waals surface area contributed by atoms with E-state index in [0.29, 0.717) is 4.90 Å². The number of nitrogens with zero attached hydrogens (tertiary/aromatic N) is 2. The number of nitrogens with one attached hydrogen (secondary N) is 2. The topological polar surface area (TPSA) is 74.3 Å². The van der Waals surface area contributed by atoms with Crippen molar-refractivity contribution in [2.24, 2.45) is 0 Å². The summed E-state index contributed by atoms with van der Waals surface area (Å²) in [5.74, 6) is 0. The molecule has 0 bridgehead atoms. The Labute approximate surface area is 137 Å². The zero-order valence-electron chi connectivity index (χ0n) is 13.2. The number of benzene rings is 1. The van der Waals surface area contributed by atoms with E-state index < -0.39 is 10.0 Å². The Hall–Kier alpha value is -1.54. The summed E-state index contributed by atoms with van der Waals surface area (Å²) in [6.07, 6.45) is 3.39. The number of aromatic nitrogens is 1. The predicted octanol–water partition coefficient (Wildman–Crippen LogP) is 0.807. The standard InChI is InChI=1S/C16H22N4O2S/c1-13(12-20-8-6-17-7-9-20)19-23(21,22)16-3-2-15-11-18-5-4-14(15)10-16/h2-5,10-11,13,17,19H,6-9,12H2,1H3/t13-/m1/s1. The predicted molar refractivity (Wildman–Crippen MR) is 90.8 cm³/mol. The van der Waals surface area contributed by atoms with Gasteiger partial charge in [-0.15, -0.1) is 0 Å². The van der Waals surface area contributed by atoms with Gasteiger partial charge in [0.15, 0.2) is 0 Å². The van der Waals surface area contributed by atoms with E-state index in [2.05, 4.69) is 19.9 Å². The Bertz CT molecular complexity index is 772. The van der Waals surface area contributed by atoms with E-state index in [4.69, 9.17) is 0 Å². The summed E-state index contributed by atoms with van der Waals surface area (Å²) in [5, 5.41) is 5.10. The third-order valence-corrected chi connectivity index (χ3v) is 5.61. The summed E-state index contributed by atoms with van der Waals surface area (Å²) in [5.41, 5.74) is 0. The fourth-order valence-electron chi connectivity index (χ4n) is 2.88. The van der Waals surface area contributed by atoms with Gasteiger partial charge in [-0.2, -0.15) is 0 Å². The van der Waals surface area contributed by atoms with Crippen LogP contribution in [0.15, 0.2) is 41.6 Å². The maximum Gasteiger partial charge on any atom is 0.240 e.